The monoisotopic (exact) mass is 310 g/mol. The van der Waals surface area contributed by atoms with Crippen LogP contribution in [0.25, 0.3) is 6.08 Å². The molecule has 0 amide bonds. The third kappa shape index (κ3) is 4.81. The van der Waals surface area contributed by atoms with Gasteiger partial charge in [0.1, 0.15) is 5.75 Å². The van der Waals surface area contributed by atoms with Gasteiger partial charge in [-0.3, -0.25) is 4.79 Å². The number of ether oxygens (including phenoxy) is 2. The maximum atomic E-state index is 12.1. The SMILES string of the molecule is COc1ccc(/C=C/C(=O)OC(C)C(=O)c2ccccc2)cc1. The Morgan fingerprint density at radius 1 is 1.00 bits per heavy atom. The van der Waals surface area contributed by atoms with Gasteiger partial charge in [0.15, 0.2) is 6.10 Å². The Balaban J connectivity index is 1.93. The van der Waals surface area contributed by atoms with E-state index in [1.807, 2.05) is 18.2 Å². The Kier molecular flexibility index (Phi) is 5.69. The second-order valence-corrected chi connectivity index (χ2v) is 4.92. The average molecular weight is 310 g/mol. The summed E-state index contributed by atoms with van der Waals surface area (Å²) in [5.41, 5.74) is 1.36. The minimum Gasteiger partial charge on any atom is -0.497 e. The Morgan fingerprint density at radius 3 is 2.26 bits per heavy atom. The molecule has 0 aliphatic heterocycles. The van der Waals surface area contributed by atoms with Crippen LogP contribution >= 0.6 is 0 Å². The van der Waals surface area contributed by atoms with Crippen LogP contribution in [0.3, 0.4) is 0 Å². The van der Waals surface area contributed by atoms with Gasteiger partial charge >= 0.3 is 5.97 Å². The maximum absolute atomic E-state index is 12.1. The molecule has 0 bridgehead atoms. The lowest BCUT2D eigenvalue weighted by Gasteiger charge is -2.10. The van der Waals surface area contributed by atoms with E-state index in [9.17, 15) is 9.59 Å². The molecule has 0 saturated heterocycles. The first-order valence-electron chi connectivity index (χ1n) is 7.22. The standard InChI is InChI=1S/C19H18O4/c1-14(19(21)16-6-4-3-5-7-16)23-18(20)13-10-15-8-11-17(22-2)12-9-15/h3-14H,1-2H3/b13-10+. The van der Waals surface area contributed by atoms with Crippen molar-refractivity contribution in [1.29, 1.82) is 0 Å². The van der Waals surface area contributed by atoms with Crippen molar-refractivity contribution < 1.29 is 19.1 Å². The summed E-state index contributed by atoms with van der Waals surface area (Å²) in [5.74, 6) is -0.0406. The minimum absolute atomic E-state index is 0.225. The summed E-state index contributed by atoms with van der Waals surface area (Å²) in [6.45, 7) is 1.56. The first-order valence-corrected chi connectivity index (χ1v) is 7.22. The van der Waals surface area contributed by atoms with Crippen molar-refractivity contribution in [2.75, 3.05) is 7.11 Å². The molecule has 2 rings (SSSR count). The van der Waals surface area contributed by atoms with Crippen molar-refractivity contribution in [1.82, 2.24) is 0 Å². The first kappa shape index (κ1) is 16.5. The zero-order valence-electron chi connectivity index (χ0n) is 13.1. The van der Waals surface area contributed by atoms with E-state index < -0.39 is 12.1 Å². The van der Waals surface area contributed by atoms with E-state index in [4.69, 9.17) is 9.47 Å². The Hall–Kier alpha value is -2.88. The zero-order valence-corrected chi connectivity index (χ0v) is 13.1. The van der Waals surface area contributed by atoms with Gasteiger partial charge in [0.05, 0.1) is 7.11 Å². The van der Waals surface area contributed by atoms with Crippen LogP contribution in [-0.2, 0) is 9.53 Å². The number of benzene rings is 2. The summed E-state index contributed by atoms with van der Waals surface area (Å²) in [7, 11) is 1.59. The average Bonchev–Trinajstić information content (AvgIpc) is 2.60. The van der Waals surface area contributed by atoms with Gasteiger partial charge < -0.3 is 9.47 Å². The highest BCUT2D eigenvalue weighted by atomic mass is 16.5. The van der Waals surface area contributed by atoms with E-state index >= 15 is 0 Å². The molecule has 0 aliphatic rings. The van der Waals surface area contributed by atoms with E-state index in [0.29, 0.717) is 5.56 Å². The lowest BCUT2D eigenvalue weighted by Crippen LogP contribution is -2.23. The molecule has 4 heteroatoms. The van der Waals surface area contributed by atoms with E-state index in [-0.39, 0.29) is 5.78 Å². The van der Waals surface area contributed by atoms with Gasteiger partial charge in [-0.15, -0.1) is 0 Å². The van der Waals surface area contributed by atoms with Gasteiger partial charge in [0, 0.05) is 11.6 Å². The second-order valence-electron chi connectivity index (χ2n) is 4.92. The number of esters is 1. The molecular formula is C19H18O4. The number of ketones is 1. The second kappa shape index (κ2) is 7.94. The van der Waals surface area contributed by atoms with Crippen molar-refractivity contribution in [3.63, 3.8) is 0 Å². The predicted octanol–water partition coefficient (Wildman–Crippen LogP) is 3.52. The predicted molar refractivity (Wildman–Crippen MR) is 88.4 cm³/mol. The fourth-order valence-corrected chi connectivity index (χ4v) is 1.98. The van der Waals surface area contributed by atoms with Crippen LogP contribution in [0.4, 0.5) is 0 Å². The Labute approximate surface area is 135 Å². The normalized spacial score (nSPS) is 11.9. The van der Waals surface area contributed by atoms with Crippen molar-refractivity contribution in [2.24, 2.45) is 0 Å². The number of hydrogen-bond donors (Lipinski definition) is 0. The summed E-state index contributed by atoms with van der Waals surface area (Å²) >= 11 is 0. The smallest absolute Gasteiger partial charge is 0.331 e. The molecule has 0 spiro atoms. The number of carbonyl (C=O) groups excluding carboxylic acids is 2. The summed E-state index contributed by atoms with van der Waals surface area (Å²) < 4.78 is 10.2. The minimum atomic E-state index is -0.828. The van der Waals surface area contributed by atoms with Crippen LogP contribution in [0, 0.1) is 0 Å². The van der Waals surface area contributed by atoms with Gasteiger partial charge in [0.2, 0.25) is 5.78 Å². The molecule has 4 nitrogen and oxygen atoms in total. The lowest BCUT2D eigenvalue weighted by molar-refractivity contribution is -0.140. The van der Waals surface area contributed by atoms with Crippen LogP contribution in [0.5, 0.6) is 5.75 Å². The quantitative estimate of drug-likeness (QED) is 0.465. The topological polar surface area (TPSA) is 52.6 Å². The van der Waals surface area contributed by atoms with Gasteiger partial charge in [0.25, 0.3) is 0 Å². The highest BCUT2D eigenvalue weighted by Gasteiger charge is 2.17. The van der Waals surface area contributed by atoms with Crippen molar-refractivity contribution >= 4 is 17.8 Å². The Morgan fingerprint density at radius 2 is 1.65 bits per heavy atom. The summed E-state index contributed by atoms with van der Waals surface area (Å²) in [4.78, 5) is 23.9. The summed E-state index contributed by atoms with van der Waals surface area (Å²) in [5, 5.41) is 0. The Bertz CT molecular complexity index is 687. The van der Waals surface area contributed by atoms with E-state index in [0.717, 1.165) is 11.3 Å². The molecule has 1 atom stereocenters. The molecule has 0 aromatic heterocycles. The van der Waals surface area contributed by atoms with E-state index in [2.05, 4.69) is 0 Å². The molecule has 2 aromatic carbocycles. The van der Waals surface area contributed by atoms with Crippen molar-refractivity contribution in [3.05, 3.63) is 71.8 Å². The van der Waals surface area contributed by atoms with E-state index in [1.54, 1.807) is 56.5 Å². The number of hydrogen-bond acceptors (Lipinski definition) is 4. The molecule has 0 N–H and O–H groups in total. The molecular weight excluding hydrogens is 292 g/mol. The molecule has 0 saturated carbocycles. The van der Waals surface area contributed by atoms with Crippen LogP contribution < -0.4 is 4.74 Å². The summed E-state index contributed by atoms with van der Waals surface area (Å²) in [6.07, 6.45) is 2.10. The number of carbonyl (C=O) groups is 2. The maximum Gasteiger partial charge on any atom is 0.331 e. The number of Topliss-reactive ketones (excluding diaryl/α,β-unsaturated/α-hetero) is 1. The van der Waals surface area contributed by atoms with Crippen molar-refractivity contribution in [2.45, 2.75) is 13.0 Å². The van der Waals surface area contributed by atoms with Gasteiger partial charge in [-0.2, -0.15) is 0 Å². The lowest BCUT2D eigenvalue weighted by atomic mass is 10.1. The number of rotatable bonds is 6. The molecule has 23 heavy (non-hydrogen) atoms. The van der Waals surface area contributed by atoms with Crippen LogP contribution in [0.1, 0.15) is 22.8 Å². The van der Waals surface area contributed by atoms with Crippen LogP contribution in [0.2, 0.25) is 0 Å². The van der Waals surface area contributed by atoms with Crippen LogP contribution in [-0.4, -0.2) is 25.0 Å². The van der Waals surface area contributed by atoms with Gasteiger partial charge in [-0.1, -0.05) is 42.5 Å². The molecule has 0 aliphatic carbocycles. The summed E-state index contributed by atoms with van der Waals surface area (Å²) in [6, 6.07) is 16.0. The number of methoxy groups -OCH3 is 1. The third-order valence-corrected chi connectivity index (χ3v) is 3.25. The highest BCUT2D eigenvalue weighted by Crippen LogP contribution is 2.12. The molecule has 0 radical (unpaired) electrons. The van der Waals surface area contributed by atoms with Crippen molar-refractivity contribution in [3.8, 4) is 5.75 Å². The van der Waals surface area contributed by atoms with Gasteiger partial charge in [-0.25, -0.2) is 4.79 Å². The largest absolute Gasteiger partial charge is 0.497 e. The third-order valence-electron chi connectivity index (χ3n) is 3.25. The highest BCUT2D eigenvalue weighted by molar-refractivity contribution is 6.00. The molecule has 0 heterocycles. The fourth-order valence-electron chi connectivity index (χ4n) is 1.98. The first-order chi connectivity index (χ1) is 11.1. The molecule has 2 aromatic rings. The zero-order chi connectivity index (χ0) is 16.7. The fraction of sp³-hybridized carbons (Fsp3) is 0.158. The molecule has 118 valence electrons. The molecule has 0 fully saturated rings. The van der Waals surface area contributed by atoms with E-state index in [1.165, 1.54) is 6.08 Å². The molecule has 1 unspecified atom stereocenters. The van der Waals surface area contributed by atoms with Crippen LogP contribution in [0.15, 0.2) is 60.7 Å². The van der Waals surface area contributed by atoms with Gasteiger partial charge in [-0.05, 0) is 30.7 Å².